The maximum atomic E-state index is 11.9. The SMILES string of the molecule is O=C1CCC(C(=O)NCc2ccc3c(c2)CCO3)=NN1. The van der Waals surface area contributed by atoms with Gasteiger partial charge in [0.15, 0.2) is 0 Å². The smallest absolute Gasteiger partial charge is 0.267 e. The molecule has 0 saturated carbocycles. The number of carbonyl (C=O) groups excluding carboxylic acids is 2. The van der Waals surface area contributed by atoms with E-state index in [1.165, 1.54) is 5.56 Å². The van der Waals surface area contributed by atoms with Crippen LogP contribution in [0, 0.1) is 0 Å². The second-order valence-corrected chi connectivity index (χ2v) is 4.82. The number of nitrogens with zero attached hydrogens (tertiary/aromatic N) is 1. The first-order valence-electron chi connectivity index (χ1n) is 6.60. The maximum absolute atomic E-state index is 11.9. The van der Waals surface area contributed by atoms with Gasteiger partial charge in [0.05, 0.1) is 6.61 Å². The molecule has 0 aromatic heterocycles. The topological polar surface area (TPSA) is 79.8 Å². The molecule has 104 valence electrons. The van der Waals surface area contributed by atoms with Crippen molar-refractivity contribution in [2.75, 3.05) is 6.61 Å². The van der Waals surface area contributed by atoms with Crippen molar-refractivity contribution in [2.24, 2.45) is 5.10 Å². The number of fused-ring (bicyclic) bond motifs is 1. The van der Waals surface area contributed by atoms with Crippen LogP contribution in [0.3, 0.4) is 0 Å². The van der Waals surface area contributed by atoms with E-state index in [-0.39, 0.29) is 11.8 Å². The van der Waals surface area contributed by atoms with Gasteiger partial charge < -0.3 is 10.1 Å². The van der Waals surface area contributed by atoms with Gasteiger partial charge in [-0.1, -0.05) is 12.1 Å². The second-order valence-electron chi connectivity index (χ2n) is 4.82. The standard InChI is InChI=1S/C14H15N3O3/c18-13-4-2-11(16-17-13)14(19)15-8-9-1-3-12-10(7-9)5-6-20-12/h1,3,7H,2,4-6,8H2,(H,15,19)(H,17,18). The van der Waals surface area contributed by atoms with Crippen molar-refractivity contribution < 1.29 is 14.3 Å². The number of hydrogen-bond acceptors (Lipinski definition) is 4. The van der Waals surface area contributed by atoms with Crippen molar-refractivity contribution in [3.63, 3.8) is 0 Å². The highest BCUT2D eigenvalue weighted by atomic mass is 16.5. The summed E-state index contributed by atoms with van der Waals surface area (Å²) in [5, 5.41) is 6.58. The van der Waals surface area contributed by atoms with Crippen molar-refractivity contribution in [1.82, 2.24) is 10.7 Å². The maximum Gasteiger partial charge on any atom is 0.267 e. The van der Waals surface area contributed by atoms with Crippen molar-refractivity contribution in [2.45, 2.75) is 25.8 Å². The van der Waals surface area contributed by atoms with Crippen molar-refractivity contribution in [1.29, 1.82) is 0 Å². The Hall–Kier alpha value is -2.37. The van der Waals surface area contributed by atoms with Crippen LogP contribution < -0.4 is 15.5 Å². The number of nitrogens with one attached hydrogen (secondary N) is 2. The highest BCUT2D eigenvalue weighted by molar-refractivity contribution is 6.39. The number of ether oxygens (including phenoxy) is 1. The zero-order valence-corrected chi connectivity index (χ0v) is 10.9. The van der Waals surface area contributed by atoms with Gasteiger partial charge in [0, 0.05) is 25.8 Å². The van der Waals surface area contributed by atoms with Gasteiger partial charge in [-0.25, -0.2) is 5.43 Å². The second kappa shape index (κ2) is 5.32. The lowest BCUT2D eigenvalue weighted by Gasteiger charge is -2.12. The Morgan fingerprint density at radius 2 is 2.25 bits per heavy atom. The van der Waals surface area contributed by atoms with Gasteiger partial charge in [0.25, 0.3) is 5.91 Å². The number of rotatable bonds is 3. The normalized spacial score (nSPS) is 16.8. The summed E-state index contributed by atoms with van der Waals surface area (Å²) < 4.78 is 5.44. The molecular formula is C14H15N3O3. The highest BCUT2D eigenvalue weighted by Crippen LogP contribution is 2.25. The first kappa shape index (κ1) is 12.7. The van der Waals surface area contributed by atoms with Gasteiger partial charge in [0.2, 0.25) is 5.91 Å². The summed E-state index contributed by atoms with van der Waals surface area (Å²) >= 11 is 0. The fourth-order valence-corrected chi connectivity index (χ4v) is 2.27. The summed E-state index contributed by atoms with van der Waals surface area (Å²) in [6.45, 7) is 1.17. The molecule has 2 aliphatic rings. The van der Waals surface area contributed by atoms with Crippen LogP contribution in [0.5, 0.6) is 5.75 Å². The molecule has 0 fully saturated rings. The van der Waals surface area contributed by atoms with Crippen LogP contribution in [0.15, 0.2) is 23.3 Å². The Balaban J connectivity index is 1.59. The molecule has 2 amide bonds. The molecule has 20 heavy (non-hydrogen) atoms. The summed E-state index contributed by atoms with van der Waals surface area (Å²) in [6.07, 6.45) is 1.61. The number of benzene rings is 1. The van der Waals surface area contributed by atoms with E-state index >= 15 is 0 Å². The molecule has 0 unspecified atom stereocenters. The molecule has 2 aliphatic heterocycles. The average molecular weight is 273 g/mol. The number of hydrazone groups is 1. The van der Waals surface area contributed by atoms with Crippen molar-refractivity contribution in [3.8, 4) is 5.75 Å². The Morgan fingerprint density at radius 3 is 3.05 bits per heavy atom. The number of hydrogen-bond donors (Lipinski definition) is 2. The van der Waals surface area contributed by atoms with Crippen LogP contribution in [-0.2, 0) is 22.6 Å². The van der Waals surface area contributed by atoms with Crippen LogP contribution in [0.25, 0.3) is 0 Å². The molecule has 3 rings (SSSR count). The first-order valence-corrected chi connectivity index (χ1v) is 6.60. The van der Waals surface area contributed by atoms with Gasteiger partial charge in [-0.05, 0) is 17.2 Å². The molecule has 1 aromatic rings. The van der Waals surface area contributed by atoms with E-state index in [9.17, 15) is 9.59 Å². The minimum atomic E-state index is -0.234. The van der Waals surface area contributed by atoms with E-state index in [0.29, 0.717) is 25.1 Å². The van der Waals surface area contributed by atoms with E-state index in [4.69, 9.17) is 4.74 Å². The fourth-order valence-electron chi connectivity index (χ4n) is 2.27. The minimum absolute atomic E-state index is 0.153. The summed E-state index contributed by atoms with van der Waals surface area (Å²) in [7, 11) is 0. The molecule has 2 heterocycles. The third kappa shape index (κ3) is 2.64. The summed E-state index contributed by atoms with van der Waals surface area (Å²) in [4.78, 5) is 22.9. The quantitative estimate of drug-likeness (QED) is 0.841. The van der Waals surface area contributed by atoms with E-state index in [0.717, 1.165) is 24.3 Å². The monoisotopic (exact) mass is 273 g/mol. The van der Waals surface area contributed by atoms with Gasteiger partial charge >= 0.3 is 0 Å². The third-order valence-electron chi connectivity index (χ3n) is 3.37. The van der Waals surface area contributed by atoms with E-state index in [1.807, 2.05) is 18.2 Å². The van der Waals surface area contributed by atoms with Crippen molar-refractivity contribution in [3.05, 3.63) is 29.3 Å². The Bertz CT molecular complexity index is 595. The predicted molar refractivity (Wildman–Crippen MR) is 72.3 cm³/mol. The molecule has 0 bridgehead atoms. The molecule has 6 nitrogen and oxygen atoms in total. The highest BCUT2D eigenvalue weighted by Gasteiger charge is 2.18. The third-order valence-corrected chi connectivity index (χ3v) is 3.37. The Labute approximate surface area is 116 Å². The number of amides is 2. The summed E-state index contributed by atoms with van der Waals surface area (Å²) in [6, 6.07) is 5.92. The number of carbonyl (C=O) groups is 2. The summed E-state index contributed by atoms with van der Waals surface area (Å²) in [5.74, 6) is 0.543. The molecule has 0 atom stereocenters. The van der Waals surface area contributed by atoms with Gasteiger partial charge in [-0.15, -0.1) is 0 Å². The van der Waals surface area contributed by atoms with Crippen LogP contribution in [0.4, 0.5) is 0 Å². The van der Waals surface area contributed by atoms with Crippen LogP contribution in [0.1, 0.15) is 24.0 Å². The largest absolute Gasteiger partial charge is 0.493 e. The minimum Gasteiger partial charge on any atom is -0.493 e. The van der Waals surface area contributed by atoms with Crippen LogP contribution in [-0.4, -0.2) is 24.1 Å². The molecule has 2 N–H and O–H groups in total. The molecule has 0 radical (unpaired) electrons. The average Bonchev–Trinajstić information content (AvgIpc) is 2.93. The lowest BCUT2D eigenvalue weighted by atomic mass is 10.1. The van der Waals surface area contributed by atoms with E-state index in [2.05, 4.69) is 15.8 Å². The predicted octanol–water partition coefficient (Wildman–Crippen LogP) is 0.504. The van der Waals surface area contributed by atoms with Crippen LogP contribution in [0.2, 0.25) is 0 Å². The zero-order valence-electron chi connectivity index (χ0n) is 10.9. The van der Waals surface area contributed by atoms with Gasteiger partial charge in [0.1, 0.15) is 11.5 Å². The van der Waals surface area contributed by atoms with E-state index < -0.39 is 0 Å². The molecular weight excluding hydrogens is 258 g/mol. The van der Waals surface area contributed by atoms with Crippen LogP contribution >= 0.6 is 0 Å². The van der Waals surface area contributed by atoms with E-state index in [1.54, 1.807) is 0 Å². The molecule has 0 saturated heterocycles. The zero-order chi connectivity index (χ0) is 13.9. The first-order chi connectivity index (χ1) is 9.72. The lowest BCUT2D eigenvalue weighted by molar-refractivity contribution is -0.121. The molecule has 1 aromatic carbocycles. The van der Waals surface area contributed by atoms with Gasteiger partial charge in [-0.2, -0.15) is 5.10 Å². The van der Waals surface area contributed by atoms with Crippen molar-refractivity contribution >= 4 is 17.5 Å². The Kier molecular flexibility index (Phi) is 3.37. The Morgan fingerprint density at radius 1 is 1.35 bits per heavy atom. The lowest BCUT2D eigenvalue weighted by Crippen LogP contribution is -2.36. The fraction of sp³-hybridized carbons (Fsp3) is 0.357. The van der Waals surface area contributed by atoms with Gasteiger partial charge in [-0.3, -0.25) is 9.59 Å². The molecule has 6 heteroatoms. The molecule has 0 spiro atoms. The summed E-state index contributed by atoms with van der Waals surface area (Å²) in [5.41, 5.74) is 4.90. The molecule has 0 aliphatic carbocycles.